The summed E-state index contributed by atoms with van der Waals surface area (Å²) in [6, 6.07) is 13.5. The van der Waals surface area contributed by atoms with Crippen molar-refractivity contribution in [3.63, 3.8) is 0 Å². The number of nitrogens with zero attached hydrogens (tertiary/aromatic N) is 3. The molecule has 1 amide bonds. The Hall–Kier alpha value is -3.35. The van der Waals surface area contributed by atoms with Crippen molar-refractivity contribution in [3.05, 3.63) is 71.8 Å². The van der Waals surface area contributed by atoms with Crippen LogP contribution >= 0.6 is 0 Å². The van der Waals surface area contributed by atoms with Crippen LogP contribution in [0.25, 0.3) is 5.69 Å². The molecule has 7 heteroatoms. The second-order valence-electron chi connectivity index (χ2n) is 6.97. The maximum absolute atomic E-state index is 13.5. The van der Waals surface area contributed by atoms with E-state index in [1.54, 1.807) is 38.6 Å². The number of ether oxygens (including phenoxy) is 2. The van der Waals surface area contributed by atoms with Crippen LogP contribution in [0.1, 0.15) is 28.9 Å². The molecule has 6 nitrogen and oxygen atoms in total. The summed E-state index contributed by atoms with van der Waals surface area (Å²) in [6.45, 7) is 0.400. The molecule has 1 aliphatic carbocycles. The van der Waals surface area contributed by atoms with Crippen LogP contribution in [0.4, 0.5) is 4.39 Å². The third-order valence-electron chi connectivity index (χ3n) is 4.96. The van der Waals surface area contributed by atoms with E-state index in [1.165, 1.54) is 16.8 Å². The maximum atomic E-state index is 13.5. The number of halogens is 1. The lowest BCUT2D eigenvalue weighted by atomic mass is 10.1. The summed E-state index contributed by atoms with van der Waals surface area (Å²) in [5.74, 6) is 0.900. The van der Waals surface area contributed by atoms with Gasteiger partial charge in [0.15, 0.2) is 5.69 Å². The Morgan fingerprint density at radius 2 is 2.00 bits per heavy atom. The van der Waals surface area contributed by atoms with Gasteiger partial charge in [0.05, 0.1) is 26.5 Å². The minimum Gasteiger partial charge on any atom is -0.497 e. The van der Waals surface area contributed by atoms with Crippen molar-refractivity contribution in [3.8, 4) is 17.2 Å². The third-order valence-corrected chi connectivity index (χ3v) is 4.96. The first-order valence-corrected chi connectivity index (χ1v) is 9.42. The number of methoxy groups -OCH3 is 2. The summed E-state index contributed by atoms with van der Waals surface area (Å²) in [5, 5.41) is 4.37. The van der Waals surface area contributed by atoms with E-state index in [0.29, 0.717) is 29.4 Å². The van der Waals surface area contributed by atoms with Gasteiger partial charge in [0.2, 0.25) is 0 Å². The molecule has 1 aromatic heterocycles. The van der Waals surface area contributed by atoms with Gasteiger partial charge in [-0.1, -0.05) is 6.07 Å². The van der Waals surface area contributed by atoms with Gasteiger partial charge in [-0.05, 0) is 55.3 Å². The summed E-state index contributed by atoms with van der Waals surface area (Å²) < 4.78 is 25.8. The number of rotatable bonds is 7. The van der Waals surface area contributed by atoms with Gasteiger partial charge in [-0.3, -0.25) is 4.79 Å². The van der Waals surface area contributed by atoms with Crippen molar-refractivity contribution in [2.24, 2.45) is 0 Å². The minimum atomic E-state index is -0.351. The number of amides is 1. The highest BCUT2D eigenvalue weighted by Gasteiger charge is 2.34. The van der Waals surface area contributed by atoms with E-state index >= 15 is 0 Å². The minimum absolute atomic E-state index is 0.160. The molecule has 0 spiro atoms. The average Bonchev–Trinajstić information content (AvgIpc) is 3.46. The summed E-state index contributed by atoms with van der Waals surface area (Å²) in [4.78, 5) is 15.0. The molecule has 0 aliphatic heterocycles. The quantitative estimate of drug-likeness (QED) is 0.610. The molecule has 3 aromatic rings. The number of hydrogen-bond donors (Lipinski definition) is 0. The summed E-state index contributed by atoms with van der Waals surface area (Å²) in [5.41, 5.74) is 1.76. The molecule has 1 heterocycles. The first kappa shape index (κ1) is 19.0. The topological polar surface area (TPSA) is 56.6 Å². The van der Waals surface area contributed by atoms with E-state index in [0.717, 1.165) is 18.4 Å². The number of aromatic nitrogens is 2. The molecule has 0 bridgehead atoms. The van der Waals surface area contributed by atoms with Crippen molar-refractivity contribution >= 4 is 5.91 Å². The Balaban J connectivity index is 1.59. The highest BCUT2D eigenvalue weighted by atomic mass is 19.1. The molecule has 1 fully saturated rings. The third kappa shape index (κ3) is 4.08. The van der Waals surface area contributed by atoms with Gasteiger partial charge in [-0.15, -0.1) is 0 Å². The predicted octanol–water partition coefficient (Wildman–Crippen LogP) is 3.83. The van der Waals surface area contributed by atoms with Crippen molar-refractivity contribution in [1.82, 2.24) is 14.7 Å². The molecule has 0 unspecified atom stereocenters. The van der Waals surface area contributed by atoms with Crippen molar-refractivity contribution in [1.29, 1.82) is 0 Å². The van der Waals surface area contributed by atoms with Crippen LogP contribution in [-0.2, 0) is 6.54 Å². The summed E-state index contributed by atoms with van der Waals surface area (Å²) in [6.07, 6.45) is 3.59. The van der Waals surface area contributed by atoms with Gasteiger partial charge >= 0.3 is 0 Å². The normalized spacial score (nSPS) is 13.2. The van der Waals surface area contributed by atoms with E-state index in [1.807, 2.05) is 23.1 Å². The average molecular weight is 395 g/mol. The number of carbonyl (C=O) groups excluding carboxylic acids is 1. The molecular weight excluding hydrogens is 373 g/mol. The fourth-order valence-corrected chi connectivity index (χ4v) is 3.29. The number of carbonyl (C=O) groups is 1. The van der Waals surface area contributed by atoms with Crippen LogP contribution in [0.3, 0.4) is 0 Å². The number of benzene rings is 2. The molecule has 1 saturated carbocycles. The van der Waals surface area contributed by atoms with Crippen molar-refractivity contribution < 1.29 is 18.7 Å². The zero-order valence-electron chi connectivity index (χ0n) is 16.3. The molecule has 2 aromatic carbocycles. The molecular formula is C22H22FN3O3. The Bertz CT molecular complexity index is 1030. The van der Waals surface area contributed by atoms with Crippen LogP contribution < -0.4 is 9.47 Å². The van der Waals surface area contributed by atoms with Crippen LogP contribution in [0.5, 0.6) is 11.5 Å². The highest BCUT2D eigenvalue weighted by Crippen LogP contribution is 2.33. The van der Waals surface area contributed by atoms with Gasteiger partial charge in [-0.2, -0.15) is 5.10 Å². The molecule has 1 aliphatic rings. The van der Waals surface area contributed by atoms with E-state index in [4.69, 9.17) is 9.47 Å². The maximum Gasteiger partial charge on any atom is 0.274 e. The van der Waals surface area contributed by atoms with E-state index in [9.17, 15) is 9.18 Å². The lowest BCUT2D eigenvalue weighted by molar-refractivity contribution is 0.0722. The standard InChI is InChI=1S/C22H22FN3O3/c1-28-19-8-9-21(29-2)15(12-19)14-25(17-6-7-17)22(27)20-10-11-26(24-20)18-5-3-4-16(23)13-18/h3-5,8-13,17H,6-7,14H2,1-2H3. The lowest BCUT2D eigenvalue weighted by Gasteiger charge is -2.23. The second kappa shape index (κ2) is 7.95. The van der Waals surface area contributed by atoms with Crippen LogP contribution in [0, 0.1) is 5.82 Å². The van der Waals surface area contributed by atoms with Gasteiger partial charge in [0, 0.05) is 17.8 Å². The first-order valence-electron chi connectivity index (χ1n) is 9.42. The molecule has 150 valence electrons. The van der Waals surface area contributed by atoms with Gasteiger partial charge in [0.25, 0.3) is 5.91 Å². The highest BCUT2D eigenvalue weighted by molar-refractivity contribution is 5.92. The van der Waals surface area contributed by atoms with Crippen LogP contribution in [-0.4, -0.2) is 40.8 Å². The Morgan fingerprint density at radius 3 is 2.69 bits per heavy atom. The fourth-order valence-electron chi connectivity index (χ4n) is 3.29. The van der Waals surface area contributed by atoms with Crippen LogP contribution in [0.15, 0.2) is 54.7 Å². The van der Waals surface area contributed by atoms with Gasteiger partial charge < -0.3 is 14.4 Å². The van der Waals surface area contributed by atoms with Crippen molar-refractivity contribution in [2.45, 2.75) is 25.4 Å². The van der Waals surface area contributed by atoms with E-state index in [-0.39, 0.29) is 17.8 Å². The molecule has 0 N–H and O–H groups in total. The lowest BCUT2D eigenvalue weighted by Crippen LogP contribution is -2.33. The van der Waals surface area contributed by atoms with Crippen molar-refractivity contribution in [2.75, 3.05) is 14.2 Å². The summed E-state index contributed by atoms with van der Waals surface area (Å²) >= 11 is 0. The zero-order chi connectivity index (χ0) is 20.4. The molecule has 4 rings (SSSR count). The number of hydrogen-bond acceptors (Lipinski definition) is 4. The monoisotopic (exact) mass is 395 g/mol. The second-order valence-corrected chi connectivity index (χ2v) is 6.97. The first-order chi connectivity index (χ1) is 14.1. The largest absolute Gasteiger partial charge is 0.497 e. The van der Waals surface area contributed by atoms with Gasteiger partial charge in [0.1, 0.15) is 17.3 Å². The zero-order valence-corrected chi connectivity index (χ0v) is 16.3. The molecule has 0 saturated heterocycles. The van der Waals surface area contributed by atoms with Crippen LogP contribution in [0.2, 0.25) is 0 Å². The molecule has 0 atom stereocenters. The fraction of sp³-hybridized carbons (Fsp3) is 0.273. The predicted molar refractivity (Wildman–Crippen MR) is 106 cm³/mol. The van der Waals surface area contributed by atoms with E-state index < -0.39 is 0 Å². The molecule has 29 heavy (non-hydrogen) atoms. The Kier molecular flexibility index (Phi) is 5.20. The van der Waals surface area contributed by atoms with Gasteiger partial charge in [-0.25, -0.2) is 9.07 Å². The Labute approximate surface area is 168 Å². The SMILES string of the molecule is COc1ccc(OC)c(CN(C(=O)c2ccn(-c3cccc(F)c3)n2)C2CC2)c1. The summed E-state index contributed by atoms with van der Waals surface area (Å²) in [7, 11) is 3.21. The molecule has 0 radical (unpaired) electrons. The Morgan fingerprint density at radius 1 is 1.17 bits per heavy atom. The smallest absolute Gasteiger partial charge is 0.274 e. The van der Waals surface area contributed by atoms with E-state index in [2.05, 4.69) is 5.10 Å².